The van der Waals surface area contributed by atoms with Crippen molar-refractivity contribution in [2.75, 3.05) is 0 Å². The van der Waals surface area contributed by atoms with Gasteiger partial charge >= 0.3 is 5.97 Å². The third-order valence-corrected chi connectivity index (χ3v) is 4.91. The third-order valence-electron chi connectivity index (χ3n) is 4.91. The zero-order valence-corrected chi connectivity index (χ0v) is 17.0. The fourth-order valence-corrected chi connectivity index (χ4v) is 2.97. The van der Waals surface area contributed by atoms with E-state index in [4.69, 9.17) is 4.74 Å². The van der Waals surface area contributed by atoms with Crippen molar-refractivity contribution >= 4 is 5.97 Å². The zero-order valence-electron chi connectivity index (χ0n) is 17.0. The molecule has 0 bridgehead atoms. The molecule has 0 aromatic heterocycles. The van der Waals surface area contributed by atoms with Gasteiger partial charge in [-0.25, -0.2) is 8.78 Å². The number of hydrogen-bond acceptors (Lipinski definition) is 3. The minimum atomic E-state index is -0.559. The van der Waals surface area contributed by atoms with Crippen LogP contribution < -0.4 is 5.32 Å². The highest BCUT2D eigenvalue weighted by atomic mass is 19.1. The Bertz CT molecular complexity index is 777. The molecular weight excluding hydrogens is 360 g/mol. The van der Waals surface area contributed by atoms with Gasteiger partial charge in [-0.15, -0.1) is 0 Å². The second kappa shape index (κ2) is 9.78. The molecule has 0 radical (unpaired) electrons. The first-order valence-electron chi connectivity index (χ1n) is 9.67. The van der Waals surface area contributed by atoms with Gasteiger partial charge < -0.3 is 10.1 Å². The van der Waals surface area contributed by atoms with Crippen LogP contribution in [-0.2, 0) is 16.0 Å². The summed E-state index contributed by atoms with van der Waals surface area (Å²) < 4.78 is 33.3. The molecular formula is C23H29F2NO2. The molecule has 0 amide bonds. The lowest BCUT2D eigenvalue weighted by Gasteiger charge is -2.27. The van der Waals surface area contributed by atoms with Crippen LogP contribution in [0.25, 0.3) is 0 Å². The van der Waals surface area contributed by atoms with Crippen LogP contribution in [0.15, 0.2) is 48.5 Å². The van der Waals surface area contributed by atoms with Crippen molar-refractivity contribution in [3.8, 4) is 0 Å². The van der Waals surface area contributed by atoms with Crippen molar-refractivity contribution in [3.05, 3.63) is 71.3 Å². The Hall–Kier alpha value is -2.27. The fourth-order valence-electron chi connectivity index (χ4n) is 2.97. The monoisotopic (exact) mass is 389 g/mol. The average Bonchev–Trinajstić information content (AvgIpc) is 2.64. The molecule has 3 nitrogen and oxygen atoms in total. The Kier molecular flexibility index (Phi) is 7.69. The lowest BCUT2D eigenvalue weighted by Crippen LogP contribution is -2.38. The summed E-state index contributed by atoms with van der Waals surface area (Å²) in [6.07, 6.45) is 0.939. The Morgan fingerprint density at radius 3 is 2.46 bits per heavy atom. The minimum absolute atomic E-state index is 0.0604. The average molecular weight is 389 g/mol. The molecule has 0 aliphatic carbocycles. The van der Waals surface area contributed by atoms with Crippen LogP contribution in [0, 0.1) is 11.6 Å². The van der Waals surface area contributed by atoms with E-state index in [0.29, 0.717) is 6.42 Å². The molecule has 0 aliphatic heterocycles. The maximum Gasteiger partial charge on any atom is 0.307 e. The van der Waals surface area contributed by atoms with E-state index in [-0.39, 0.29) is 30.4 Å². The lowest BCUT2D eigenvalue weighted by molar-refractivity contribution is -0.157. The number of nitrogens with one attached hydrogen (secondary N) is 1. The number of ether oxygens (including phenoxy) is 1. The third kappa shape index (κ3) is 6.71. The molecule has 0 aliphatic rings. The van der Waals surface area contributed by atoms with Crippen LogP contribution in [-0.4, -0.2) is 17.6 Å². The highest BCUT2D eigenvalue weighted by molar-refractivity contribution is 5.70. The van der Waals surface area contributed by atoms with E-state index in [1.54, 1.807) is 0 Å². The first kappa shape index (κ1) is 22.0. The van der Waals surface area contributed by atoms with Gasteiger partial charge in [-0.2, -0.15) is 0 Å². The van der Waals surface area contributed by atoms with Crippen molar-refractivity contribution < 1.29 is 18.3 Å². The summed E-state index contributed by atoms with van der Waals surface area (Å²) in [4.78, 5) is 12.5. The van der Waals surface area contributed by atoms with Gasteiger partial charge in [-0.3, -0.25) is 4.79 Å². The largest absolute Gasteiger partial charge is 0.460 e. The van der Waals surface area contributed by atoms with Crippen molar-refractivity contribution in [2.24, 2.45) is 0 Å². The Morgan fingerprint density at radius 1 is 1.14 bits per heavy atom. The maximum absolute atomic E-state index is 14.1. The number of halogens is 2. The van der Waals surface area contributed by atoms with Crippen LogP contribution in [0.3, 0.4) is 0 Å². The molecule has 2 unspecified atom stereocenters. The molecule has 0 fully saturated rings. The first-order chi connectivity index (χ1) is 13.2. The summed E-state index contributed by atoms with van der Waals surface area (Å²) >= 11 is 0. The predicted octanol–water partition coefficient (Wildman–Crippen LogP) is 5.35. The molecule has 152 valence electrons. The summed E-state index contributed by atoms with van der Waals surface area (Å²) in [6, 6.07) is 12.7. The molecule has 0 spiro atoms. The molecule has 2 aromatic carbocycles. The normalized spacial score (nSPS) is 13.8. The minimum Gasteiger partial charge on any atom is -0.460 e. The smallest absolute Gasteiger partial charge is 0.307 e. The quantitative estimate of drug-likeness (QED) is 0.588. The maximum atomic E-state index is 14.1. The molecule has 0 saturated carbocycles. The van der Waals surface area contributed by atoms with Gasteiger partial charge in [0.15, 0.2) is 0 Å². The van der Waals surface area contributed by atoms with Crippen molar-refractivity contribution in [2.45, 2.75) is 64.6 Å². The molecule has 5 heteroatoms. The molecule has 0 saturated heterocycles. The fraction of sp³-hybridized carbons (Fsp3) is 0.435. The van der Waals surface area contributed by atoms with E-state index < -0.39 is 23.3 Å². The van der Waals surface area contributed by atoms with Crippen LogP contribution >= 0.6 is 0 Å². The number of carbonyl (C=O) groups excluding carboxylic acids is 1. The van der Waals surface area contributed by atoms with Crippen molar-refractivity contribution in [1.29, 1.82) is 0 Å². The molecule has 2 aromatic rings. The van der Waals surface area contributed by atoms with E-state index in [1.807, 2.05) is 58.0 Å². The van der Waals surface area contributed by atoms with Crippen molar-refractivity contribution in [3.63, 3.8) is 0 Å². The van der Waals surface area contributed by atoms with Gasteiger partial charge in [0, 0.05) is 12.1 Å². The Balaban J connectivity index is 2.17. The Morgan fingerprint density at radius 2 is 1.82 bits per heavy atom. The van der Waals surface area contributed by atoms with Crippen LogP contribution in [0.5, 0.6) is 0 Å². The molecule has 2 rings (SSSR count). The predicted molar refractivity (Wildman–Crippen MR) is 107 cm³/mol. The van der Waals surface area contributed by atoms with E-state index in [0.717, 1.165) is 17.7 Å². The molecule has 2 atom stereocenters. The van der Waals surface area contributed by atoms with E-state index in [9.17, 15) is 13.6 Å². The van der Waals surface area contributed by atoms with Gasteiger partial charge in [0.05, 0.1) is 6.42 Å². The van der Waals surface area contributed by atoms with E-state index in [2.05, 4.69) is 5.32 Å². The van der Waals surface area contributed by atoms with Gasteiger partial charge in [0.1, 0.15) is 17.2 Å². The van der Waals surface area contributed by atoms with Crippen molar-refractivity contribution in [1.82, 2.24) is 5.32 Å². The molecule has 28 heavy (non-hydrogen) atoms. The van der Waals surface area contributed by atoms with Gasteiger partial charge in [-0.1, -0.05) is 37.3 Å². The summed E-state index contributed by atoms with van der Waals surface area (Å²) in [6.45, 7) is 7.63. The summed E-state index contributed by atoms with van der Waals surface area (Å²) in [5.74, 6) is -1.34. The molecule has 1 N–H and O–H groups in total. The second-order valence-electron chi connectivity index (χ2n) is 7.73. The number of rotatable bonds is 9. The van der Waals surface area contributed by atoms with Gasteiger partial charge in [0.2, 0.25) is 0 Å². The van der Waals surface area contributed by atoms with Crippen LogP contribution in [0.4, 0.5) is 8.78 Å². The summed E-state index contributed by atoms with van der Waals surface area (Å²) in [5.41, 5.74) is 0.728. The SMILES string of the molecule is CCC(C)(C)OC(=O)CC(Cc1cc(F)ccc1F)NC(C)c1ccccc1. The Labute approximate surface area is 166 Å². The standard InChI is InChI=1S/C23H29F2NO2/c1-5-23(3,4)28-22(27)15-20(14-18-13-19(24)11-12-21(18)25)26-16(2)17-9-7-6-8-10-17/h6-13,16,20,26H,5,14-15H2,1-4H3. The van der Waals surface area contributed by atoms with E-state index in [1.165, 1.54) is 6.07 Å². The topological polar surface area (TPSA) is 38.3 Å². The second-order valence-corrected chi connectivity index (χ2v) is 7.73. The number of esters is 1. The van der Waals surface area contributed by atoms with E-state index >= 15 is 0 Å². The number of carbonyl (C=O) groups is 1. The highest BCUT2D eigenvalue weighted by Gasteiger charge is 2.25. The van der Waals surface area contributed by atoms with Gasteiger partial charge in [-0.05, 0) is 62.9 Å². The zero-order chi connectivity index (χ0) is 20.7. The number of hydrogen-bond donors (Lipinski definition) is 1. The number of benzene rings is 2. The molecule has 0 heterocycles. The van der Waals surface area contributed by atoms with Crippen LogP contribution in [0.1, 0.15) is 57.7 Å². The first-order valence-corrected chi connectivity index (χ1v) is 9.67. The summed E-state index contributed by atoms with van der Waals surface area (Å²) in [7, 11) is 0. The summed E-state index contributed by atoms with van der Waals surface area (Å²) in [5, 5.41) is 3.37. The van der Waals surface area contributed by atoms with Gasteiger partial charge in [0.25, 0.3) is 0 Å². The highest BCUT2D eigenvalue weighted by Crippen LogP contribution is 2.20. The van der Waals surface area contributed by atoms with Crippen LogP contribution in [0.2, 0.25) is 0 Å². The lowest BCUT2D eigenvalue weighted by atomic mass is 9.99.